The molecule has 10 nitrogen and oxygen atoms in total. The molecule has 210 valence electrons. The second-order valence-corrected chi connectivity index (χ2v) is 11.3. The molecule has 0 aliphatic carbocycles. The molecule has 5 aromatic rings. The van der Waals surface area contributed by atoms with Crippen LogP contribution < -0.4 is 29.2 Å². The second kappa shape index (κ2) is 9.96. The van der Waals surface area contributed by atoms with Gasteiger partial charge in [0, 0.05) is 10.9 Å². The molecule has 11 heteroatoms. The maximum Gasteiger partial charge on any atom is 0.271 e. The Kier molecular flexibility index (Phi) is 6.09. The molecule has 42 heavy (non-hydrogen) atoms. The molecule has 0 saturated heterocycles. The van der Waals surface area contributed by atoms with Crippen LogP contribution in [-0.4, -0.2) is 32.5 Å². The molecule has 2 aliphatic heterocycles. The van der Waals surface area contributed by atoms with Crippen LogP contribution in [0.4, 0.5) is 0 Å². The highest BCUT2D eigenvalue weighted by Crippen LogP contribution is 2.39. The monoisotopic (exact) mass is 582 g/mol. The van der Waals surface area contributed by atoms with Gasteiger partial charge in [0.1, 0.15) is 5.56 Å². The molecule has 0 bridgehead atoms. The van der Waals surface area contributed by atoms with E-state index in [1.54, 1.807) is 78.9 Å². The third-order valence-electron chi connectivity index (χ3n) is 7.12. The van der Waals surface area contributed by atoms with Crippen molar-refractivity contribution in [2.24, 2.45) is 0 Å². The van der Waals surface area contributed by atoms with Crippen molar-refractivity contribution in [1.82, 2.24) is 9.29 Å². The third kappa shape index (κ3) is 4.40. The first kappa shape index (κ1) is 25.7. The number of carbonyl (C=O) groups excluding carboxylic acids is 1. The van der Waals surface area contributed by atoms with Crippen LogP contribution in [0.2, 0.25) is 0 Å². The summed E-state index contributed by atoms with van der Waals surface area (Å²) in [6.07, 6.45) is 0. The highest BCUT2D eigenvalue weighted by molar-refractivity contribution is 7.90. The minimum Gasteiger partial charge on any atom is -0.454 e. The van der Waals surface area contributed by atoms with Gasteiger partial charge in [0.05, 0.1) is 17.0 Å². The highest BCUT2D eigenvalue weighted by atomic mass is 32.2. The molecule has 2 aliphatic rings. The van der Waals surface area contributed by atoms with Crippen LogP contribution in [-0.2, 0) is 16.6 Å². The second-order valence-electron chi connectivity index (χ2n) is 9.66. The van der Waals surface area contributed by atoms with Crippen LogP contribution >= 0.6 is 0 Å². The number of pyridine rings is 1. The first-order chi connectivity index (χ1) is 20.4. The van der Waals surface area contributed by atoms with Crippen LogP contribution in [0.1, 0.15) is 15.9 Å². The number of rotatable bonds is 6. The molecule has 0 fully saturated rings. The summed E-state index contributed by atoms with van der Waals surface area (Å²) in [4.78, 5) is 28.1. The summed E-state index contributed by atoms with van der Waals surface area (Å²) < 4.78 is 51.8. The summed E-state index contributed by atoms with van der Waals surface area (Å²) in [6, 6.07) is 25.0. The van der Waals surface area contributed by atoms with Crippen molar-refractivity contribution in [2.75, 3.05) is 13.6 Å². The SMILES string of the molecule is O=C(NS(=O)(=O)c1ccccc1)c1c(-c2ccc3c(c2)OCO3)c2ccccc2n(Cc2ccc3c(c2)OCO3)c1=O. The van der Waals surface area contributed by atoms with Gasteiger partial charge in [-0.05, 0) is 53.6 Å². The fourth-order valence-electron chi connectivity index (χ4n) is 5.18. The number of carbonyl (C=O) groups is 1. The fourth-order valence-corrected chi connectivity index (χ4v) is 6.16. The topological polar surface area (TPSA) is 122 Å². The van der Waals surface area contributed by atoms with Crippen molar-refractivity contribution in [3.63, 3.8) is 0 Å². The zero-order valence-corrected chi connectivity index (χ0v) is 22.7. The summed E-state index contributed by atoms with van der Waals surface area (Å²) in [5.74, 6) is 1.07. The van der Waals surface area contributed by atoms with Gasteiger partial charge in [0.2, 0.25) is 13.6 Å². The van der Waals surface area contributed by atoms with E-state index in [-0.39, 0.29) is 36.2 Å². The van der Waals surface area contributed by atoms with E-state index < -0.39 is 21.5 Å². The lowest BCUT2D eigenvalue weighted by molar-refractivity contribution is 0.0980. The fraction of sp³-hybridized carbons (Fsp3) is 0.0968. The number of nitrogens with one attached hydrogen (secondary N) is 1. The third-order valence-corrected chi connectivity index (χ3v) is 8.47. The van der Waals surface area contributed by atoms with Crippen LogP contribution in [0.25, 0.3) is 22.0 Å². The number of ether oxygens (including phenoxy) is 4. The Morgan fingerprint density at radius 1 is 0.762 bits per heavy atom. The number of sulfonamides is 1. The van der Waals surface area contributed by atoms with E-state index in [9.17, 15) is 18.0 Å². The smallest absolute Gasteiger partial charge is 0.271 e. The molecular weight excluding hydrogens is 560 g/mol. The number of hydrogen-bond acceptors (Lipinski definition) is 8. The first-order valence-corrected chi connectivity index (χ1v) is 14.4. The minimum atomic E-state index is -4.29. The summed E-state index contributed by atoms with van der Waals surface area (Å²) in [5, 5.41) is 0.568. The van der Waals surface area contributed by atoms with Gasteiger partial charge in [-0.1, -0.05) is 48.5 Å². The Balaban J connectivity index is 1.44. The lowest BCUT2D eigenvalue weighted by Crippen LogP contribution is -2.37. The summed E-state index contributed by atoms with van der Waals surface area (Å²) in [5.41, 5.74) is 1.05. The van der Waals surface area contributed by atoms with Crippen molar-refractivity contribution in [1.29, 1.82) is 0 Å². The van der Waals surface area contributed by atoms with E-state index in [1.807, 2.05) is 0 Å². The van der Waals surface area contributed by atoms with Crippen molar-refractivity contribution >= 4 is 26.8 Å². The van der Waals surface area contributed by atoms with Gasteiger partial charge in [-0.2, -0.15) is 0 Å². The Bertz CT molecular complexity index is 2060. The predicted octanol–water partition coefficient (Wildman–Crippen LogP) is 4.29. The summed E-state index contributed by atoms with van der Waals surface area (Å²) in [7, 11) is -4.29. The number of fused-ring (bicyclic) bond motifs is 3. The molecule has 0 spiro atoms. The maximum atomic E-state index is 14.3. The van der Waals surface area contributed by atoms with Crippen molar-refractivity contribution in [3.8, 4) is 34.1 Å². The quantitative estimate of drug-likeness (QED) is 0.315. The Morgan fingerprint density at radius 3 is 2.17 bits per heavy atom. The first-order valence-electron chi connectivity index (χ1n) is 13.0. The average molecular weight is 583 g/mol. The van der Waals surface area contributed by atoms with Crippen LogP contribution in [0, 0.1) is 0 Å². The molecule has 0 saturated carbocycles. The number of aromatic nitrogens is 1. The van der Waals surface area contributed by atoms with Gasteiger partial charge in [-0.3, -0.25) is 9.59 Å². The molecule has 1 N–H and O–H groups in total. The lowest BCUT2D eigenvalue weighted by Gasteiger charge is -2.19. The van der Waals surface area contributed by atoms with Gasteiger partial charge in [-0.15, -0.1) is 0 Å². The highest BCUT2D eigenvalue weighted by Gasteiger charge is 2.28. The zero-order valence-electron chi connectivity index (χ0n) is 21.9. The van der Waals surface area contributed by atoms with Gasteiger partial charge in [0.25, 0.3) is 21.5 Å². The molecule has 7 rings (SSSR count). The summed E-state index contributed by atoms with van der Waals surface area (Å²) in [6.45, 7) is 0.231. The Morgan fingerprint density at radius 2 is 1.40 bits per heavy atom. The normalized spacial score (nSPS) is 13.3. The zero-order chi connectivity index (χ0) is 28.8. The number of para-hydroxylation sites is 1. The van der Waals surface area contributed by atoms with E-state index in [0.29, 0.717) is 39.5 Å². The maximum absolute atomic E-state index is 14.3. The van der Waals surface area contributed by atoms with Gasteiger partial charge in [-0.25, -0.2) is 13.1 Å². The molecule has 0 atom stereocenters. The van der Waals surface area contributed by atoms with E-state index in [2.05, 4.69) is 4.72 Å². The van der Waals surface area contributed by atoms with Gasteiger partial charge < -0.3 is 23.5 Å². The number of hydrogen-bond donors (Lipinski definition) is 1. The van der Waals surface area contributed by atoms with Crippen molar-refractivity contribution in [3.05, 3.63) is 112 Å². The van der Waals surface area contributed by atoms with Crippen LogP contribution in [0.15, 0.2) is 101 Å². The van der Waals surface area contributed by atoms with Crippen molar-refractivity contribution in [2.45, 2.75) is 11.4 Å². The molecule has 1 aromatic heterocycles. The van der Waals surface area contributed by atoms with Gasteiger partial charge >= 0.3 is 0 Å². The standard InChI is InChI=1S/C31H22N2O8S/c34-30(32-42(36,37)21-6-2-1-3-7-21)29-28(20-11-13-25-27(15-20)41-18-39-25)22-8-4-5-9-23(22)33(31(29)35)16-19-10-12-24-26(14-19)40-17-38-24/h1-15H,16-18H2,(H,32,34). The van der Waals surface area contributed by atoms with Crippen LogP contribution in [0.5, 0.6) is 23.0 Å². The molecule has 0 unspecified atom stereocenters. The lowest BCUT2D eigenvalue weighted by atomic mass is 9.95. The molecule has 1 amide bonds. The Labute approximate surface area is 239 Å². The van der Waals surface area contributed by atoms with E-state index in [4.69, 9.17) is 18.9 Å². The Hall–Kier alpha value is -5.29. The minimum absolute atomic E-state index is 0.0410. The predicted molar refractivity (Wildman–Crippen MR) is 153 cm³/mol. The average Bonchev–Trinajstić information content (AvgIpc) is 3.67. The van der Waals surface area contributed by atoms with Gasteiger partial charge in [0.15, 0.2) is 23.0 Å². The molecule has 0 radical (unpaired) electrons. The number of nitrogens with zero attached hydrogens (tertiary/aromatic N) is 1. The molecule has 4 aromatic carbocycles. The molecular formula is C31H22N2O8S. The molecule has 3 heterocycles. The summed E-state index contributed by atoms with van der Waals surface area (Å²) >= 11 is 0. The van der Waals surface area contributed by atoms with Crippen molar-refractivity contribution < 1.29 is 32.2 Å². The van der Waals surface area contributed by atoms with E-state index in [0.717, 1.165) is 5.56 Å². The van der Waals surface area contributed by atoms with E-state index >= 15 is 0 Å². The van der Waals surface area contributed by atoms with E-state index in [1.165, 1.54) is 16.7 Å². The largest absolute Gasteiger partial charge is 0.454 e. The number of amides is 1. The van der Waals surface area contributed by atoms with Crippen LogP contribution in [0.3, 0.4) is 0 Å². The number of benzene rings is 4.